The van der Waals surface area contributed by atoms with E-state index >= 15 is 0 Å². The second-order valence-corrected chi connectivity index (χ2v) is 14.0. The molecule has 8 rings (SSSR count). The molecule has 5 aliphatic rings. The first-order chi connectivity index (χ1) is 23.8. The minimum atomic E-state index is -1.23. The number of hydrogen-bond acceptors (Lipinski definition) is 7. The second-order valence-electron chi connectivity index (χ2n) is 14.0. The number of hydrogen-bond donors (Lipinski definition) is 1. The average Bonchev–Trinajstić information content (AvgIpc) is 3.49. The van der Waals surface area contributed by atoms with Gasteiger partial charge in [0.1, 0.15) is 5.75 Å². The highest BCUT2D eigenvalue weighted by Crippen LogP contribution is 2.64. The van der Waals surface area contributed by atoms with Gasteiger partial charge in [0.2, 0.25) is 23.6 Å². The number of carbonyl (C=O) groups is 4. The summed E-state index contributed by atoms with van der Waals surface area (Å²) in [4.78, 5) is 62.3. The maximum absolute atomic E-state index is 14.6. The zero-order valence-corrected chi connectivity index (χ0v) is 27.5. The molecule has 6 atom stereocenters. The van der Waals surface area contributed by atoms with Gasteiger partial charge < -0.3 is 14.7 Å². The minimum absolute atomic E-state index is 0.0604. The van der Waals surface area contributed by atoms with Crippen LogP contribution in [0, 0.1) is 29.1 Å². The van der Waals surface area contributed by atoms with Crippen molar-refractivity contribution in [3.05, 3.63) is 108 Å². The molecule has 0 bridgehead atoms. The third-order valence-corrected chi connectivity index (χ3v) is 11.6. The van der Waals surface area contributed by atoms with Gasteiger partial charge in [0.25, 0.3) is 0 Å². The normalized spacial score (nSPS) is 29.4. The van der Waals surface area contributed by atoms with Gasteiger partial charge in [-0.15, -0.1) is 6.58 Å². The molecule has 4 fully saturated rings. The van der Waals surface area contributed by atoms with Crippen molar-refractivity contribution in [3.63, 3.8) is 0 Å². The van der Waals surface area contributed by atoms with Gasteiger partial charge in [0, 0.05) is 30.3 Å². The number of ether oxygens (including phenoxy) is 1. The maximum Gasteiger partial charge on any atom is 0.241 e. The molecular weight excluding hydrogens is 618 g/mol. The monoisotopic (exact) mass is 657 g/mol. The number of amides is 4. The van der Waals surface area contributed by atoms with Crippen molar-refractivity contribution in [2.45, 2.75) is 32.1 Å². The van der Waals surface area contributed by atoms with E-state index < -0.39 is 35.0 Å². The van der Waals surface area contributed by atoms with Crippen LogP contribution in [0.2, 0.25) is 0 Å². The number of imide groups is 2. The lowest BCUT2D eigenvalue weighted by Gasteiger charge is -2.49. The molecule has 3 saturated heterocycles. The number of phenolic OH excluding ortho intramolecular Hbond substituents is 1. The fourth-order valence-electron chi connectivity index (χ4n) is 9.24. The fourth-order valence-corrected chi connectivity index (χ4v) is 9.24. The van der Waals surface area contributed by atoms with E-state index in [4.69, 9.17) is 4.74 Å². The molecule has 3 aromatic rings. The van der Waals surface area contributed by atoms with E-state index in [1.807, 2.05) is 61.5 Å². The van der Waals surface area contributed by atoms with Gasteiger partial charge in [0.05, 0.1) is 47.8 Å². The smallest absolute Gasteiger partial charge is 0.241 e. The lowest BCUT2D eigenvalue weighted by atomic mass is 9.51. The van der Waals surface area contributed by atoms with Gasteiger partial charge in [-0.3, -0.25) is 24.1 Å². The summed E-state index contributed by atoms with van der Waals surface area (Å²) >= 11 is 0. The van der Waals surface area contributed by atoms with Crippen molar-refractivity contribution in [1.82, 2.24) is 0 Å². The Bertz CT molecular complexity index is 1900. The predicted octanol–water partition coefficient (Wildman–Crippen LogP) is 5.39. The molecule has 250 valence electrons. The first-order valence-corrected chi connectivity index (χ1v) is 17.1. The Kier molecular flexibility index (Phi) is 7.55. The molecule has 0 aromatic heterocycles. The molecule has 3 aromatic carbocycles. The SMILES string of the molecule is C=CCc1cccc([C@H]2C3=CC[C@@H]4C(=O)N(c5ccc(N6CCOCC6)cc5)C(=O)[C@@H]4[C@@H]3C[C@H]3C(=O)N(c4ccccc4)C(=O)[C@@]23C)c1O. The van der Waals surface area contributed by atoms with Crippen LogP contribution in [-0.4, -0.2) is 55.0 Å². The van der Waals surface area contributed by atoms with Crippen LogP contribution in [0.4, 0.5) is 17.1 Å². The number of para-hydroxylation sites is 2. The van der Waals surface area contributed by atoms with E-state index in [0.29, 0.717) is 48.6 Å². The number of morpholine rings is 1. The highest BCUT2D eigenvalue weighted by molar-refractivity contribution is 6.25. The van der Waals surface area contributed by atoms with Crippen LogP contribution in [0.15, 0.2) is 97.1 Å². The molecule has 9 heteroatoms. The Hall–Kier alpha value is -5.02. The number of carbonyl (C=O) groups excluding carboxylic acids is 4. The van der Waals surface area contributed by atoms with Gasteiger partial charge in [0.15, 0.2) is 0 Å². The summed E-state index contributed by atoms with van der Waals surface area (Å²) in [5.74, 6) is -4.30. The summed E-state index contributed by atoms with van der Waals surface area (Å²) in [6.45, 7) is 8.53. The first-order valence-electron chi connectivity index (χ1n) is 17.1. The summed E-state index contributed by atoms with van der Waals surface area (Å²) in [6.07, 6.45) is 4.73. The number of benzene rings is 3. The standard InChI is InChI=1S/C40H39N3O6/c1-3-8-24-9-7-12-30(35(24)44)34-28-17-18-29-33(31(28)23-32-37(46)43(39(48)40(32,34)2)26-10-5-4-6-11-26)38(47)42(36(29)45)27-15-13-25(14-16-27)41-19-21-49-22-20-41/h3-7,9-17,29,31-34,44H,1,8,18-23H2,2H3/t29-,31+,32-,33-,34+,40+/m0/s1. The first kappa shape index (κ1) is 31.3. The number of allylic oxidation sites excluding steroid dienone is 3. The lowest BCUT2D eigenvalue weighted by molar-refractivity contribution is -0.131. The zero-order valence-electron chi connectivity index (χ0n) is 27.5. The number of aromatic hydroxyl groups is 1. The van der Waals surface area contributed by atoms with E-state index in [2.05, 4.69) is 11.5 Å². The molecular formula is C40H39N3O6. The van der Waals surface area contributed by atoms with Crippen molar-refractivity contribution in [3.8, 4) is 5.75 Å². The van der Waals surface area contributed by atoms with E-state index in [9.17, 15) is 24.3 Å². The summed E-state index contributed by atoms with van der Waals surface area (Å²) in [7, 11) is 0. The Morgan fingerprint density at radius 3 is 2.24 bits per heavy atom. The van der Waals surface area contributed by atoms with Gasteiger partial charge in [-0.2, -0.15) is 0 Å². The highest BCUT2D eigenvalue weighted by Gasteiger charge is 2.68. The van der Waals surface area contributed by atoms with Crippen molar-refractivity contribution in [2.24, 2.45) is 29.1 Å². The van der Waals surface area contributed by atoms with Crippen LogP contribution in [0.3, 0.4) is 0 Å². The summed E-state index contributed by atoms with van der Waals surface area (Å²) < 4.78 is 5.48. The third kappa shape index (κ3) is 4.62. The number of phenols is 1. The van der Waals surface area contributed by atoms with E-state index in [-0.39, 0.29) is 35.8 Å². The lowest BCUT2D eigenvalue weighted by Crippen LogP contribution is -2.49. The van der Waals surface area contributed by atoms with Crippen LogP contribution < -0.4 is 14.7 Å². The zero-order chi connectivity index (χ0) is 34.0. The predicted molar refractivity (Wildman–Crippen MR) is 185 cm³/mol. The fraction of sp³-hybridized carbons (Fsp3) is 0.350. The molecule has 0 unspecified atom stereocenters. The van der Waals surface area contributed by atoms with Crippen LogP contribution in [0.1, 0.15) is 36.8 Å². The number of anilines is 3. The average molecular weight is 658 g/mol. The van der Waals surface area contributed by atoms with Crippen molar-refractivity contribution >= 4 is 40.7 Å². The molecule has 0 spiro atoms. The molecule has 2 aliphatic carbocycles. The van der Waals surface area contributed by atoms with Crippen molar-refractivity contribution in [1.29, 1.82) is 0 Å². The molecule has 3 heterocycles. The maximum atomic E-state index is 14.6. The van der Waals surface area contributed by atoms with Crippen molar-refractivity contribution < 1.29 is 29.0 Å². The molecule has 49 heavy (non-hydrogen) atoms. The largest absolute Gasteiger partial charge is 0.507 e. The van der Waals surface area contributed by atoms with Crippen LogP contribution in [0.5, 0.6) is 5.75 Å². The Morgan fingerprint density at radius 1 is 0.837 bits per heavy atom. The van der Waals surface area contributed by atoms with E-state index in [0.717, 1.165) is 24.4 Å². The number of nitrogens with zero attached hydrogens (tertiary/aromatic N) is 3. The molecule has 0 radical (unpaired) electrons. The van der Waals surface area contributed by atoms with E-state index in [1.165, 1.54) is 9.80 Å². The van der Waals surface area contributed by atoms with E-state index in [1.54, 1.807) is 30.3 Å². The molecule has 4 amide bonds. The molecule has 3 aliphatic heterocycles. The van der Waals surface area contributed by atoms with Crippen LogP contribution in [-0.2, 0) is 30.3 Å². The van der Waals surface area contributed by atoms with Gasteiger partial charge in [-0.05, 0) is 74.1 Å². The Morgan fingerprint density at radius 2 is 1.53 bits per heavy atom. The quantitative estimate of drug-likeness (QED) is 0.280. The molecule has 1 saturated carbocycles. The number of fused-ring (bicyclic) bond motifs is 4. The topological polar surface area (TPSA) is 107 Å². The minimum Gasteiger partial charge on any atom is -0.507 e. The van der Waals surface area contributed by atoms with Gasteiger partial charge in [-0.1, -0.05) is 54.1 Å². The van der Waals surface area contributed by atoms with Crippen LogP contribution >= 0.6 is 0 Å². The van der Waals surface area contributed by atoms with Crippen molar-refractivity contribution in [2.75, 3.05) is 41.0 Å². The molecule has 9 nitrogen and oxygen atoms in total. The third-order valence-electron chi connectivity index (χ3n) is 11.6. The second kappa shape index (κ2) is 11.8. The van der Waals surface area contributed by atoms with Gasteiger partial charge in [-0.25, -0.2) is 4.90 Å². The number of rotatable bonds is 6. The van der Waals surface area contributed by atoms with Gasteiger partial charge >= 0.3 is 0 Å². The Balaban J connectivity index is 1.20. The summed E-state index contributed by atoms with van der Waals surface area (Å²) in [5, 5.41) is 11.7. The summed E-state index contributed by atoms with van der Waals surface area (Å²) in [6, 6.07) is 21.9. The van der Waals surface area contributed by atoms with Crippen LogP contribution in [0.25, 0.3) is 0 Å². The highest BCUT2D eigenvalue weighted by atomic mass is 16.5. The molecule has 1 N–H and O–H groups in total. The summed E-state index contributed by atoms with van der Waals surface area (Å²) in [5.41, 5.74) is 2.85. The Labute approximate surface area is 285 Å².